The lowest BCUT2D eigenvalue weighted by molar-refractivity contribution is 0.567. The lowest BCUT2D eigenvalue weighted by Gasteiger charge is -2.11. The zero-order chi connectivity index (χ0) is 13.8. The van der Waals surface area contributed by atoms with E-state index in [4.69, 9.17) is 11.6 Å². The van der Waals surface area contributed by atoms with Gasteiger partial charge in [-0.1, -0.05) is 18.5 Å². The van der Waals surface area contributed by atoms with Crippen molar-refractivity contribution in [2.45, 2.75) is 32.9 Å². The Labute approximate surface area is 121 Å². The summed E-state index contributed by atoms with van der Waals surface area (Å²) in [4.78, 5) is 5.67. The third-order valence-corrected chi connectivity index (χ3v) is 4.37. The van der Waals surface area contributed by atoms with Gasteiger partial charge in [-0.2, -0.15) is 0 Å². The fraction of sp³-hybridized carbons (Fsp3) is 0.357. The number of nitrogens with one attached hydrogen (secondary N) is 1. The normalized spacial score (nSPS) is 12.6. The summed E-state index contributed by atoms with van der Waals surface area (Å²) in [7, 11) is 0. The molecule has 0 aliphatic heterocycles. The maximum atomic E-state index is 13.2. The fourth-order valence-electron chi connectivity index (χ4n) is 1.76. The Kier molecular flexibility index (Phi) is 4.91. The molecule has 1 aromatic carbocycles. The molecule has 19 heavy (non-hydrogen) atoms. The molecule has 1 heterocycles. The van der Waals surface area contributed by atoms with Gasteiger partial charge in [-0.05, 0) is 37.1 Å². The van der Waals surface area contributed by atoms with E-state index < -0.39 is 0 Å². The SMILES string of the molecule is CCc1cnc(C(C)NCc2cc(F)cc(Cl)c2)s1. The number of thiazole rings is 1. The first kappa shape index (κ1) is 14.4. The highest BCUT2D eigenvalue weighted by Gasteiger charge is 2.10. The predicted molar refractivity (Wildman–Crippen MR) is 78.2 cm³/mol. The van der Waals surface area contributed by atoms with E-state index in [2.05, 4.69) is 24.1 Å². The van der Waals surface area contributed by atoms with Crippen LogP contribution in [0.1, 0.15) is 35.3 Å². The van der Waals surface area contributed by atoms with Crippen LogP contribution in [0, 0.1) is 5.82 Å². The van der Waals surface area contributed by atoms with Crippen LogP contribution in [0.15, 0.2) is 24.4 Å². The maximum absolute atomic E-state index is 13.2. The highest BCUT2D eigenvalue weighted by molar-refractivity contribution is 7.11. The average Bonchev–Trinajstić information content (AvgIpc) is 2.83. The standard InChI is InChI=1S/C14H16ClFN2S/c1-3-13-8-18-14(19-13)9(2)17-7-10-4-11(15)6-12(16)5-10/h4-6,8-9,17H,3,7H2,1-2H3. The van der Waals surface area contributed by atoms with Crippen LogP contribution in [0.3, 0.4) is 0 Å². The Morgan fingerprint density at radius 2 is 2.21 bits per heavy atom. The van der Waals surface area contributed by atoms with Gasteiger partial charge < -0.3 is 5.32 Å². The second kappa shape index (κ2) is 6.46. The molecule has 1 atom stereocenters. The number of nitrogens with zero attached hydrogens (tertiary/aromatic N) is 1. The molecule has 0 radical (unpaired) electrons. The molecule has 1 unspecified atom stereocenters. The first-order chi connectivity index (χ1) is 9.08. The molecule has 0 amide bonds. The van der Waals surface area contributed by atoms with E-state index in [9.17, 15) is 4.39 Å². The molecule has 0 spiro atoms. The molecule has 5 heteroatoms. The van der Waals surface area contributed by atoms with Gasteiger partial charge in [0.05, 0.1) is 6.04 Å². The van der Waals surface area contributed by atoms with Crippen molar-refractivity contribution in [3.05, 3.63) is 50.7 Å². The average molecular weight is 299 g/mol. The quantitative estimate of drug-likeness (QED) is 0.888. The van der Waals surface area contributed by atoms with Crippen molar-refractivity contribution in [1.29, 1.82) is 0 Å². The Morgan fingerprint density at radius 3 is 2.84 bits per heavy atom. The van der Waals surface area contributed by atoms with E-state index in [1.54, 1.807) is 17.4 Å². The van der Waals surface area contributed by atoms with E-state index in [1.807, 2.05) is 6.20 Å². The molecule has 102 valence electrons. The van der Waals surface area contributed by atoms with Gasteiger partial charge in [-0.15, -0.1) is 11.3 Å². The number of benzene rings is 1. The second-order valence-corrected chi connectivity index (χ2v) is 5.98. The first-order valence-electron chi connectivity index (χ1n) is 6.21. The van der Waals surface area contributed by atoms with Crippen LogP contribution in [0.25, 0.3) is 0 Å². The van der Waals surface area contributed by atoms with Crippen molar-refractivity contribution in [2.75, 3.05) is 0 Å². The van der Waals surface area contributed by atoms with Crippen molar-refractivity contribution in [3.8, 4) is 0 Å². The van der Waals surface area contributed by atoms with Crippen LogP contribution in [-0.2, 0) is 13.0 Å². The van der Waals surface area contributed by atoms with Crippen LogP contribution >= 0.6 is 22.9 Å². The summed E-state index contributed by atoms with van der Waals surface area (Å²) < 4.78 is 13.2. The van der Waals surface area contributed by atoms with Gasteiger partial charge in [-0.3, -0.25) is 0 Å². The molecule has 2 rings (SSSR count). The van der Waals surface area contributed by atoms with Crippen LogP contribution < -0.4 is 5.32 Å². The van der Waals surface area contributed by atoms with Gasteiger partial charge in [0, 0.05) is 22.6 Å². The number of halogens is 2. The molecule has 1 N–H and O–H groups in total. The molecule has 0 aliphatic rings. The molecular formula is C14H16ClFN2S. The molecule has 0 saturated heterocycles. The monoisotopic (exact) mass is 298 g/mol. The molecule has 0 bridgehead atoms. The van der Waals surface area contributed by atoms with Gasteiger partial charge in [0.1, 0.15) is 10.8 Å². The van der Waals surface area contributed by atoms with E-state index in [0.717, 1.165) is 17.0 Å². The van der Waals surface area contributed by atoms with Crippen molar-refractivity contribution in [1.82, 2.24) is 10.3 Å². The molecule has 2 aromatic rings. The Balaban J connectivity index is 1.97. The third kappa shape index (κ3) is 4.00. The van der Waals surface area contributed by atoms with E-state index in [1.165, 1.54) is 17.0 Å². The summed E-state index contributed by atoms with van der Waals surface area (Å²) in [5.74, 6) is -0.306. The number of aryl methyl sites for hydroxylation is 1. The van der Waals surface area contributed by atoms with Gasteiger partial charge in [0.15, 0.2) is 0 Å². The molecule has 0 aliphatic carbocycles. The summed E-state index contributed by atoms with van der Waals surface area (Å²) in [6.45, 7) is 4.74. The van der Waals surface area contributed by atoms with Crippen molar-refractivity contribution >= 4 is 22.9 Å². The summed E-state index contributed by atoms with van der Waals surface area (Å²) in [6.07, 6.45) is 2.92. The highest BCUT2D eigenvalue weighted by Crippen LogP contribution is 2.21. The third-order valence-electron chi connectivity index (χ3n) is 2.83. The Bertz CT molecular complexity index is 536. The summed E-state index contributed by atoms with van der Waals surface area (Å²) in [5.41, 5.74) is 0.837. The zero-order valence-corrected chi connectivity index (χ0v) is 12.5. The number of rotatable bonds is 5. The van der Waals surface area contributed by atoms with E-state index in [-0.39, 0.29) is 11.9 Å². The molecule has 0 fully saturated rings. The maximum Gasteiger partial charge on any atom is 0.125 e. The van der Waals surface area contributed by atoms with Crippen molar-refractivity contribution in [2.24, 2.45) is 0 Å². The Hall–Kier alpha value is -0.970. The Morgan fingerprint density at radius 1 is 1.42 bits per heavy atom. The zero-order valence-electron chi connectivity index (χ0n) is 10.9. The minimum atomic E-state index is -0.306. The summed E-state index contributed by atoms with van der Waals surface area (Å²) in [5, 5.41) is 4.81. The van der Waals surface area contributed by atoms with Crippen LogP contribution in [0.5, 0.6) is 0 Å². The molecule has 2 nitrogen and oxygen atoms in total. The van der Waals surface area contributed by atoms with Crippen molar-refractivity contribution < 1.29 is 4.39 Å². The van der Waals surface area contributed by atoms with Gasteiger partial charge >= 0.3 is 0 Å². The number of hydrogen-bond acceptors (Lipinski definition) is 3. The summed E-state index contributed by atoms with van der Waals surface area (Å²) in [6, 6.07) is 4.71. The number of hydrogen-bond donors (Lipinski definition) is 1. The molecular weight excluding hydrogens is 283 g/mol. The topological polar surface area (TPSA) is 24.9 Å². The lowest BCUT2D eigenvalue weighted by atomic mass is 10.2. The highest BCUT2D eigenvalue weighted by atomic mass is 35.5. The van der Waals surface area contributed by atoms with Gasteiger partial charge in [-0.25, -0.2) is 9.37 Å². The van der Waals surface area contributed by atoms with Crippen LogP contribution in [-0.4, -0.2) is 4.98 Å². The van der Waals surface area contributed by atoms with Crippen molar-refractivity contribution in [3.63, 3.8) is 0 Å². The minimum Gasteiger partial charge on any atom is -0.304 e. The largest absolute Gasteiger partial charge is 0.304 e. The first-order valence-corrected chi connectivity index (χ1v) is 7.41. The van der Waals surface area contributed by atoms with Crippen LogP contribution in [0.4, 0.5) is 4.39 Å². The minimum absolute atomic E-state index is 0.146. The van der Waals surface area contributed by atoms with Gasteiger partial charge in [0.2, 0.25) is 0 Å². The molecule has 0 saturated carbocycles. The molecule has 1 aromatic heterocycles. The smallest absolute Gasteiger partial charge is 0.125 e. The van der Waals surface area contributed by atoms with E-state index in [0.29, 0.717) is 11.6 Å². The van der Waals surface area contributed by atoms with Gasteiger partial charge in [0.25, 0.3) is 0 Å². The fourth-order valence-corrected chi connectivity index (χ4v) is 2.89. The lowest BCUT2D eigenvalue weighted by Crippen LogP contribution is -2.17. The van der Waals surface area contributed by atoms with E-state index >= 15 is 0 Å². The predicted octanol–water partition coefficient (Wildman–Crippen LogP) is 4.35. The van der Waals surface area contributed by atoms with Crippen LogP contribution in [0.2, 0.25) is 5.02 Å². The number of aromatic nitrogens is 1. The second-order valence-electron chi connectivity index (χ2n) is 4.40. The summed E-state index contributed by atoms with van der Waals surface area (Å²) >= 11 is 7.54.